The van der Waals surface area contributed by atoms with Gasteiger partial charge in [0.05, 0.1) is 7.11 Å². The molecule has 3 rings (SSSR count). The summed E-state index contributed by atoms with van der Waals surface area (Å²) in [6, 6.07) is 10.9. The summed E-state index contributed by atoms with van der Waals surface area (Å²) in [4.78, 5) is 31.4. The predicted octanol–water partition coefficient (Wildman–Crippen LogP) is 5.12. The molecule has 0 aliphatic heterocycles. The molecule has 3 atom stereocenters. The lowest BCUT2D eigenvalue weighted by atomic mass is 9.69. The zero-order valence-electron chi connectivity index (χ0n) is 21.5. The van der Waals surface area contributed by atoms with Crippen molar-refractivity contribution in [3.63, 3.8) is 0 Å². The van der Waals surface area contributed by atoms with Gasteiger partial charge in [0.2, 0.25) is 5.91 Å². The Bertz CT molecular complexity index is 1020. The first-order valence-electron chi connectivity index (χ1n) is 12.3. The normalized spacial score (nSPS) is 19.6. The summed E-state index contributed by atoms with van der Waals surface area (Å²) in [7, 11) is 3.45. The predicted molar refractivity (Wildman–Crippen MR) is 139 cm³/mol. The van der Waals surface area contributed by atoms with Crippen LogP contribution in [0.25, 0.3) is 0 Å². The van der Waals surface area contributed by atoms with Crippen molar-refractivity contribution in [1.29, 1.82) is 0 Å². The van der Waals surface area contributed by atoms with Gasteiger partial charge >= 0.3 is 6.03 Å². The first-order valence-corrected chi connectivity index (χ1v) is 12.3. The van der Waals surface area contributed by atoms with Crippen molar-refractivity contribution >= 4 is 17.6 Å². The number of amides is 3. The van der Waals surface area contributed by atoms with Crippen molar-refractivity contribution in [3.05, 3.63) is 66.0 Å². The smallest absolute Gasteiger partial charge is 0.319 e. The molecule has 0 radical (unpaired) electrons. The number of ether oxygens (including phenoxy) is 1. The van der Waals surface area contributed by atoms with Gasteiger partial charge in [-0.05, 0) is 60.8 Å². The third kappa shape index (κ3) is 7.57. The number of rotatable bonds is 9. The van der Waals surface area contributed by atoms with Crippen LogP contribution >= 0.6 is 0 Å². The molecule has 0 bridgehead atoms. The highest BCUT2D eigenvalue weighted by Gasteiger charge is 2.33. The van der Waals surface area contributed by atoms with Crippen LogP contribution in [0.1, 0.15) is 39.2 Å². The fraction of sp³-hybridized carbons (Fsp3) is 0.464. The Morgan fingerprint density at radius 1 is 1.23 bits per heavy atom. The van der Waals surface area contributed by atoms with E-state index in [0.29, 0.717) is 42.8 Å². The molecule has 1 aliphatic carbocycles. The fourth-order valence-corrected chi connectivity index (χ4v) is 4.81. The van der Waals surface area contributed by atoms with Crippen molar-refractivity contribution in [3.8, 4) is 5.75 Å². The number of aromatic nitrogens is 1. The second-order valence-electron chi connectivity index (χ2n) is 9.80. The molecule has 35 heavy (non-hydrogen) atoms. The van der Waals surface area contributed by atoms with E-state index in [2.05, 4.69) is 42.5 Å². The van der Waals surface area contributed by atoms with Gasteiger partial charge in [0.25, 0.3) is 0 Å². The number of anilines is 1. The van der Waals surface area contributed by atoms with Crippen molar-refractivity contribution in [1.82, 2.24) is 15.2 Å². The highest BCUT2D eigenvalue weighted by atomic mass is 16.5. The van der Waals surface area contributed by atoms with E-state index < -0.39 is 0 Å². The molecular formula is C28H38N4O3. The minimum Gasteiger partial charge on any atom is -0.497 e. The van der Waals surface area contributed by atoms with Gasteiger partial charge in [-0.3, -0.25) is 9.78 Å². The summed E-state index contributed by atoms with van der Waals surface area (Å²) in [5.74, 6) is 2.11. The minimum absolute atomic E-state index is 0.142. The van der Waals surface area contributed by atoms with Crippen molar-refractivity contribution < 1.29 is 14.3 Å². The summed E-state index contributed by atoms with van der Waals surface area (Å²) in [6.45, 7) is 7.66. The summed E-state index contributed by atoms with van der Waals surface area (Å²) >= 11 is 0. The molecule has 0 fully saturated rings. The Morgan fingerprint density at radius 3 is 2.71 bits per heavy atom. The lowest BCUT2D eigenvalue weighted by Gasteiger charge is -2.37. The van der Waals surface area contributed by atoms with Gasteiger partial charge in [0.1, 0.15) is 5.75 Å². The number of urea groups is 1. The van der Waals surface area contributed by atoms with Crippen molar-refractivity contribution in [2.75, 3.05) is 26.0 Å². The lowest BCUT2D eigenvalue weighted by molar-refractivity contribution is -0.131. The van der Waals surface area contributed by atoms with Gasteiger partial charge in [0, 0.05) is 50.7 Å². The summed E-state index contributed by atoms with van der Waals surface area (Å²) in [5, 5.41) is 5.90. The monoisotopic (exact) mass is 478 g/mol. The molecule has 7 heteroatoms. The lowest BCUT2D eigenvalue weighted by Crippen LogP contribution is -2.39. The van der Waals surface area contributed by atoms with Gasteiger partial charge in [-0.1, -0.05) is 37.6 Å². The molecule has 7 nitrogen and oxygen atoms in total. The van der Waals surface area contributed by atoms with E-state index in [1.54, 1.807) is 30.5 Å². The fourth-order valence-electron chi connectivity index (χ4n) is 4.81. The molecule has 1 aromatic heterocycles. The van der Waals surface area contributed by atoms with Crippen LogP contribution in [0.4, 0.5) is 10.5 Å². The highest BCUT2D eigenvalue weighted by Crippen LogP contribution is 2.39. The van der Waals surface area contributed by atoms with Gasteiger partial charge < -0.3 is 20.3 Å². The van der Waals surface area contributed by atoms with Gasteiger partial charge in [-0.25, -0.2) is 4.79 Å². The number of benzene rings is 1. The second-order valence-corrected chi connectivity index (χ2v) is 9.80. The Hall–Kier alpha value is -3.35. The Kier molecular flexibility index (Phi) is 9.29. The van der Waals surface area contributed by atoms with Crippen molar-refractivity contribution in [2.24, 2.45) is 23.7 Å². The van der Waals surface area contributed by atoms with Crippen LogP contribution in [0.5, 0.6) is 5.75 Å². The molecule has 1 aromatic carbocycles. The van der Waals surface area contributed by atoms with E-state index in [4.69, 9.17) is 4.74 Å². The maximum absolute atomic E-state index is 13.0. The number of pyridine rings is 1. The van der Waals surface area contributed by atoms with E-state index >= 15 is 0 Å². The summed E-state index contributed by atoms with van der Waals surface area (Å²) in [5.41, 5.74) is 2.94. The molecular weight excluding hydrogens is 440 g/mol. The average Bonchev–Trinajstić information content (AvgIpc) is 2.84. The first kappa shape index (κ1) is 26.3. The molecule has 0 spiro atoms. The molecule has 188 valence electrons. The molecule has 0 saturated carbocycles. The Morgan fingerprint density at radius 2 is 2.03 bits per heavy atom. The van der Waals surface area contributed by atoms with Crippen LogP contribution in [-0.2, 0) is 11.3 Å². The van der Waals surface area contributed by atoms with E-state index in [9.17, 15) is 9.59 Å². The molecule has 1 heterocycles. The second kappa shape index (κ2) is 12.4. The van der Waals surface area contributed by atoms with Crippen LogP contribution < -0.4 is 15.4 Å². The summed E-state index contributed by atoms with van der Waals surface area (Å²) in [6.07, 6.45) is 7.24. The summed E-state index contributed by atoms with van der Waals surface area (Å²) < 4.78 is 5.22. The number of allylic oxidation sites excluding steroid dienone is 1. The van der Waals surface area contributed by atoms with Crippen LogP contribution in [-0.4, -0.2) is 42.5 Å². The zero-order valence-corrected chi connectivity index (χ0v) is 21.5. The molecule has 1 aliphatic rings. The quantitative estimate of drug-likeness (QED) is 0.490. The molecule has 3 amide bonds. The highest BCUT2D eigenvalue weighted by molar-refractivity contribution is 5.89. The number of nitrogens with zero attached hydrogens (tertiary/aromatic N) is 2. The van der Waals surface area contributed by atoms with E-state index in [1.165, 1.54) is 5.57 Å². The van der Waals surface area contributed by atoms with E-state index in [1.807, 2.05) is 37.4 Å². The minimum atomic E-state index is -0.235. The SMILES string of the molecule is COc1cccc(NC(=O)NC[C@@H]2C=C(C)[C@H](CC(=O)N(C)Cc3cccnc3)C[C@H]2C(C)C)c1. The molecule has 0 unspecified atom stereocenters. The topological polar surface area (TPSA) is 83.6 Å². The average molecular weight is 479 g/mol. The Labute approximate surface area is 209 Å². The standard InChI is InChI=1S/C28H38N4O3/c1-19(2)26-13-22(14-27(33)32(4)18-21-8-7-11-29-16-21)20(3)12-23(26)17-30-28(34)31-24-9-6-10-25(15-24)35-5/h6-12,15-16,19,22-23,26H,13-14,17-18H2,1-5H3,(H2,30,31,34)/t22-,23-,26-/m0/s1. The number of methoxy groups -OCH3 is 1. The van der Waals surface area contributed by atoms with Gasteiger partial charge in [-0.15, -0.1) is 0 Å². The molecule has 2 aromatic rings. The van der Waals surface area contributed by atoms with E-state index in [-0.39, 0.29) is 23.8 Å². The first-order chi connectivity index (χ1) is 16.8. The van der Waals surface area contributed by atoms with Gasteiger partial charge in [0.15, 0.2) is 0 Å². The third-order valence-corrected chi connectivity index (χ3v) is 6.90. The number of carbonyl (C=O) groups is 2. The third-order valence-electron chi connectivity index (χ3n) is 6.90. The molecule has 0 saturated heterocycles. The van der Waals surface area contributed by atoms with E-state index in [0.717, 1.165) is 12.0 Å². The largest absolute Gasteiger partial charge is 0.497 e. The van der Waals surface area contributed by atoms with Crippen LogP contribution in [0.2, 0.25) is 0 Å². The Balaban J connectivity index is 1.58. The number of nitrogens with one attached hydrogen (secondary N) is 2. The van der Waals surface area contributed by atoms with Crippen LogP contribution in [0.15, 0.2) is 60.4 Å². The number of hydrogen-bond acceptors (Lipinski definition) is 4. The maximum Gasteiger partial charge on any atom is 0.319 e. The maximum atomic E-state index is 13.0. The van der Waals surface area contributed by atoms with Crippen LogP contribution in [0, 0.1) is 23.7 Å². The number of carbonyl (C=O) groups excluding carboxylic acids is 2. The number of hydrogen-bond donors (Lipinski definition) is 2. The van der Waals surface area contributed by atoms with Crippen molar-refractivity contribution in [2.45, 2.75) is 40.2 Å². The molecule has 2 N–H and O–H groups in total. The zero-order chi connectivity index (χ0) is 25.4. The van der Waals surface area contributed by atoms with Crippen LogP contribution in [0.3, 0.4) is 0 Å². The van der Waals surface area contributed by atoms with Gasteiger partial charge in [-0.2, -0.15) is 0 Å².